The molecule has 3 nitrogen and oxygen atoms in total. The van der Waals surface area contributed by atoms with Crippen LogP contribution in [-0.2, 0) is 60.3 Å². The first-order valence-electron chi connectivity index (χ1n) is 13.8. The van der Waals surface area contributed by atoms with Crippen LogP contribution in [0.2, 0.25) is 0 Å². The number of rotatable bonds is 2. The maximum Gasteiger partial charge on any atom is 0.0161 e. The molecule has 4 heterocycles. The minimum atomic E-state index is 0. The Kier molecular flexibility index (Phi) is 23.1. The zero-order valence-electron chi connectivity index (χ0n) is 25.0. The molecule has 0 amide bonds. The van der Waals surface area contributed by atoms with Crippen molar-refractivity contribution in [3.8, 4) is 21.8 Å². The Bertz CT molecular complexity index is 1570. The molecule has 7 heteroatoms. The quantitative estimate of drug-likeness (QED) is 0.128. The molecule has 0 aliphatic rings. The summed E-state index contributed by atoms with van der Waals surface area (Å²) in [5, 5.41) is 5.47. The summed E-state index contributed by atoms with van der Waals surface area (Å²) < 4.78 is 0. The van der Waals surface area contributed by atoms with Gasteiger partial charge in [0.15, 0.2) is 0 Å². The first-order chi connectivity index (χ1) is 20.4. The molecule has 0 fully saturated rings. The molecule has 4 aromatic heterocycles. The normalized spacial score (nSPS) is 8.82. The van der Waals surface area contributed by atoms with Crippen LogP contribution in [0.15, 0.2) is 133 Å². The molecule has 7 rings (SSSR count). The Balaban J connectivity index is 0.000000581. The van der Waals surface area contributed by atoms with Gasteiger partial charge < -0.3 is 15.0 Å². The van der Waals surface area contributed by atoms with Crippen molar-refractivity contribution in [3.63, 3.8) is 0 Å². The van der Waals surface area contributed by atoms with Gasteiger partial charge in [0.25, 0.3) is 0 Å². The zero-order chi connectivity index (χ0) is 29.1. The third-order valence-electron chi connectivity index (χ3n) is 5.42. The molecular formula is C37H34Ir3N3S-3. The second-order valence-electron chi connectivity index (χ2n) is 7.88. The molecular weight excluding hydrogens is 1100 g/mol. The zero-order valence-corrected chi connectivity index (χ0v) is 33.0. The van der Waals surface area contributed by atoms with Gasteiger partial charge in [-0.2, -0.15) is 12.1 Å². The molecule has 0 saturated carbocycles. The monoisotopic (exact) mass is 1130 g/mol. The second-order valence-corrected chi connectivity index (χ2v) is 8.79. The molecule has 44 heavy (non-hydrogen) atoms. The van der Waals surface area contributed by atoms with E-state index in [-0.39, 0.29) is 60.3 Å². The standard InChI is InChI=1S/C13H8N.C11H8N.C9H6NS.2C2H6.3Ir/c1-2-6-12-10(4-1)7-8-11-5-3-9-14-13(11)12;1-2-6-10(7-3-1)11-8-4-5-9-12-11;1-2-6-10-8(4-1)9-5-3-7-11-9;2*1-2;;;/h1-5,7-9H;1-6,8-9H;1-4,6-7H;2*1-2H3;;;/q3*-1;;;;;. The summed E-state index contributed by atoms with van der Waals surface area (Å²) in [4.78, 5) is 13.9. The van der Waals surface area contributed by atoms with Gasteiger partial charge in [-0.05, 0) is 40.5 Å². The number of pyridine rings is 3. The van der Waals surface area contributed by atoms with Crippen LogP contribution in [0.3, 0.4) is 0 Å². The molecule has 3 radical (unpaired) electrons. The molecule has 7 aromatic rings. The van der Waals surface area contributed by atoms with Crippen molar-refractivity contribution >= 4 is 33.0 Å². The number of thiophene rings is 1. The van der Waals surface area contributed by atoms with E-state index in [9.17, 15) is 0 Å². The summed E-state index contributed by atoms with van der Waals surface area (Å²) in [7, 11) is 0. The summed E-state index contributed by atoms with van der Waals surface area (Å²) in [6, 6.07) is 45.2. The SMILES string of the molecule is CC.CC.[Ir].[Ir].[Ir].[c-]1cccc2ccc3cccnc3c12.[c-]1ccccc1-c1ccccn1.[c-]1ccsc1-c1ccccn1. The van der Waals surface area contributed by atoms with Crippen molar-refractivity contribution in [1.82, 2.24) is 15.0 Å². The second kappa shape index (κ2) is 24.6. The van der Waals surface area contributed by atoms with E-state index < -0.39 is 0 Å². The smallest absolute Gasteiger partial charge is 0.0161 e. The molecule has 0 N–H and O–H groups in total. The van der Waals surface area contributed by atoms with Crippen molar-refractivity contribution in [1.29, 1.82) is 0 Å². The molecule has 0 aliphatic carbocycles. The first-order valence-corrected chi connectivity index (χ1v) is 14.7. The van der Waals surface area contributed by atoms with Crippen molar-refractivity contribution in [2.24, 2.45) is 0 Å². The molecule has 0 unspecified atom stereocenters. The number of benzene rings is 3. The predicted octanol–water partition coefficient (Wildman–Crippen LogP) is 10.4. The number of nitrogens with zero attached hydrogens (tertiary/aromatic N) is 3. The Morgan fingerprint density at radius 1 is 0.500 bits per heavy atom. The third-order valence-corrected chi connectivity index (χ3v) is 6.26. The van der Waals surface area contributed by atoms with E-state index in [0.29, 0.717) is 0 Å². The van der Waals surface area contributed by atoms with Gasteiger partial charge >= 0.3 is 0 Å². The van der Waals surface area contributed by atoms with E-state index in [4.69, 9.17) is 0 Å². The summed E-state index contributed by atoms with van der Waals surface area (Å²) >= 11 is 1.66. The molecule has 0 spiro atoms. The topological polar surface area (TPSA) is 38.7 Å². The van der Waals surface area contributed by atoms with Crippen molar-refractivity contribution in [2.75, 3.05) is 0 Å². The van der Waals surface area contributed by atoms with Crippen molar-refractivity contribution in [2.45, 2.75) is 27.7 Å². The van der Waals surface area contributed by atoms with Gasteiger partial charge in [0, 0.05) is 78.9 Å². The number of fused-ring (bicyclic) bond motifs is 3. The molecule has 0 atom stereocenters. The van der Waals surface area contributed by atoms with Gasteiger partial charge in [0.05, 0.1) is 0 Å². The van der Waals surface area contributed by atoms with Crippen LogP contribution >= 0.6 is 11.3 Å². The summed E-state index contributed by atoms with van der Waals surface area (Å²) in [6.07, 6.45) is 5.40. The fourth-order valence-electron chi connectivity index (χ4n) is 3.69. The summed E-state index contributed by atoms with van der Waals surface area (Å²) in [5.41, 5.74) is 4.05. The maximum atomic E-state index is 4.38. The number of hydrogen-bond donors (Lipinski definition) is 0. The Hall–Kier alpha value is -2.72. The summed E-state index contributed by atoms with van der Waals surface area (Å²) in [6.45, 7) is 8.00. The molecule has 233 valence electrons. The van der Waals surface area contributed by atoms with E-state index in [1.807, 2.05) is 124 Å². The molecule has 0 aliphatic heterocycles. The van der Waals surface area contributed by atoms with Crippen LogP contribution in [0, 0.1) is 18.2 Å². The van der Waals surface area contributed by atoms with E-state index >= 15 is 0 Å². The van der Waals surface area contributed by atoms with Gasteiger partial charge in [-0.1, -0.05) is 75.0 Å². The fourth-order valence-corrected chi connectivity index (χ4v) is 4.34. The van der Waals surface area contributed by atoms with Crippen molar-refractivity contribution < 1.29 is 60.3 Å². The van der Waals surface area contributed by atoms with E-state index in [1.165, 1.54) is 10.8 Å². The predicted molar refractivity (Wildman–Crippen MR) is 176 cm³/mol. The van der Waals surface area contributed by atoms with E-state index in [0.717, 1.165) is 32.7 Å². The first kappa shape index (κ1) is 41.3. The van der Waals surface area contributed by atoms with Gasteiger partial charge in [0.1, 0.15) is 0 Å². The number of hydrogen-bond acceptors (Lipinski definition) is 4. The molecule has 0 bridgehead atoms. The Morgan fingerprint density at radius 3 is 1.73 bits per heavy atom. The fraction of sp³-hybridized carbons (Fsp3) is 0.108. The van der Waals surface area contributed by atoms with E-state index in [1.54, 1.807) is 23.7 Å². The average molecular weight is 1130 g/mol. The minimum absolute atomic E-state index is 0. The Morgan fingerprint density at radius 2 is 1.11 bits per heavy atom. The third kappa shape index (κ3) is 12.7. The van der Waals surface area contributed by atoms with E-state index in [2.05, 4.69) is 57.4 Å². The van der Waals surface area contributed by atoms with Crippen molar-refractivity contribution in [3.05, 3.63) is 151 Å². The molecule has 0 saturated heterocycles. The maximum absolute atomic E-state index is 4.38. The van der Waals surface area contributed by atoms with Crippen LogP contribution in [0.1, 0.15) is 27.7 Å². The van der Waals surface area contributed by atoms with Gasteiger partial charge in [-0.15, -0.1) is 76.3 Å². The van der Waals surface area contributed by atoms with Crippen LogP contribution in [0.25, 0.3) is 43.5 Å². The van der Waals surface area contributed by atoms with Gasteiger partial charge in [-0.3, -0.25) is 0 Å². The van der Waals surface area contributed by atoms with Crippen LogP contribution in [0.5, 0.6) is 0 Å². The molecule has 3 aromatic carbocycles. The average Bonchev–Trinajstić information content (AvgIpc) is 3.64. The Labute approximate surface area is 306 Å². The van der Waals surface area contributed by atoms with Crippen LogP contribution in [-0.4, -0.2) is 15.0 Å². The van der Waals surface area contributed by atoms with Crippen LogP contribution < -0.4 is 0 Å². The number of aromatic nitrogens is 3. The van der Waals surface area contributed by atoms with Crippen LogP contribution in [0.4, 0.5) is 0 Å². The minimum Gasteiger partial charge on any atom is -0.319 e. The largest absolute Gasteiger partial charge is 0.319 e. The van der Waals surface area contributed by atoms with Gasteiger partial charge in [0.2, 0.25) is 0 Å². The van der Waals surface area contributed by atoms with Gasteiger partial charge in [-0.25, -0.2) is 11.3 Å². The summed E-state index contributed by atoms with van der Waals surface area (Å²) in [5.74, 6) is 0.